The molecule has 1 heterocycles. The number of hydrogen-bond acceptors (Lipinski definition) is 5. The molecule has 146 valence electrons. The van der Waals surface area contributed by atoms with Gasteiger partial charge in [0.1, 0.15) is 12.4 Å². The Hall–Kier alpha value is -2.80. The molecule has 1 aromatic heterocycles. The molecule has 3 aromatic rings. The molecule has 0 atom stereocenters. The van der Waals surface area contributed by atoms with Gasteiger partial charge < -0.3 is 10.1 Å². The SMILES string of the molecule is CCc1cc(C)cc(OCc2nnc(SCC(=O)NC)n2-c2ccccc2)c1. The first-order chi connectivity index (χ1) is 13.6. The molecule has 0 radical (unpaired) electrons. The molecular weight excluding hydrogens is 372 g/mol. The molecule has 0 bridgehead atoms. The molecule has 0 spiro atoms. The van der Waals surface area contributed by atoms with Gasteiger partial charge in [-0.25, -0.2) is 0 Å². The number of ether oxygens (including phenoxy) is 1. The minimum Gasteiger partial charge on any atom is -0.486 e. The van der Waals surface area contributed by atoms with Crippen molar-refractivity contribution >= 4 is 17.7 Å². The lowest BCUT2D eigenvalue weighted by atomic mass is 10.1. The molecule has 0 saturated heterocycles. The van der Waals surface area contributed by atoms with Gasteiger partial charge in [-0.15, -0.1) is 10.2 Å². The zero-order chi connectivity index (χ0) is 19.9. The molecule has 3 rings (SSSR count). The van der Waals surface area contributed by atoms with E-state index in [4.69, 9.17) is 4.74 Å². The largest absolute Gasteiger partial charge is 0.486 e. The van der Waals surface area contributed by atoms with Gasteiger partial charge in [0.2, 0.25) is 5.91 Å². The Morgan fingerprint density at radius 2 is 1.96 bits per heavy atom. The van der Waals surface area contributed by atoms with Crippen molar-refractivity contribution in [2.24, 2.45) is 0 Å². The van der Waals surface area contributed by atoms with Crippen LogP contribution >= 0.6 is 11.8 Å². The van der Waals surface area contributed by atoms with Gasteiger partial charge in [-0.3, -0.25) is 9.36 Å². The molecular formula is C21H24N4O2S. The quantitative estimate of drug-likeness (QED) is 0.590. The van der Waals surface area contributed by atoms with Crippen LogP contribution in [0.1, 0.15) is 23.9 Å². The van der Waals surface area contributed by atoms with Crippen LogP contribution < -0.4 is 10.1 Å². The van der Waals surface area contributed by atoms with E-state index < -0.39 is 0 Å². The number of hydrogen-bond donors (Lipinski definition) is 1. The number of para-hydroxylation sites is 1. The Kier molecular flexibility index (Phi) is 6.71. The Bertz CT molecular complexity index is 941. The third-order valence-corrected chi connectivity index (χ3v) is 5.14. The van der Waals surface area contributed by atoms with E-state index in [1.807, 2.05) is 41.0 Å². The van der Waals surface area contributed by atoms with Crippen molar-refractivity contribution in [3.8, 4) is 11.4 Å². The molecule has 1 amide bonds. The predicted molar refractivity (Wildman–Crippen MR) is 111 cm³/mol. The number of carbonyl (C=O) groups excluding carboxylic acids is 1. The minimum atomic E-state index is -0.0581. The summed E-state index contributed by atoms with van der Waals surface area (Å²) in [5.74, 6) is 1.72. The summed E-state index contributed by atoms with van der Waals surface area (Å²) in [5.41, 5.74) is 3.34. The number of rotatable bonds is 8. The number of thioether (sulfide) groups is 1. The molecule has 28 heavy (non-hydrogen) atoms. The number of aromatic nitrogens is 3. The smallest absolute Gasteiger partial charge is 0.230 e. The van der Waals surface area contributed by atoms with E-state index in [0.717, 1.165) is 17.9 Å². The third-order valence-electron chi connectivity index (χ3n) is 4.21. The zero-order valence-electron chi connectivity index (χ0n) is 16.3. The molecule has 0 aliphatic heterocycles. The monoisotopic (exact) mass is 396 g/mol. The molecule has 6 nitrogen and oxygen atoms in total. The molecule has 0 unspecified atom stereocenters. The number of nitrogens with zero attached hydrogens (tertiary/aromatic N) is 3. The summed E-state index contributed by atoms with van der Waals surface area (Å²) in [6.07, 6.45) is 0.957. The molecule has 0 saturated carbocycles. The summed E-state index contributed by atoms with van der Waals surface area (Å²) < 4.78 is 7.96. The average molecular weight is 397 g/mol. The molecule has 0 aliphatic carbocycles. The first-order valence-electron chi connectivity index (χ1n) is 9.17. The third kappa shape index (κ3) is 4.92. The van der Waals surface area contributed by atoms with Crippen LogP contribution in [0, 0.1) is 6.92 Å². The fourth-order valence-corrected chi connectivity index (χ4v) is 3.63. The standard InChI is InChI=1S/C21H24N4O2S/c1-4-16-10-15(2)11-18(12-16)27-13-19-23-24-21(28-14-20(26)22-3)25(19)17-8-6-5-7-9-17/h5-12H,4,13-14H2,1-3H3,(H,22,26). The summed E-state index contributed by atoms with van der Waals surface area (Å²) in [6, 6.07) is 16.1. The van der Waals surface area contributed by atoms with E-state index in [0.29, 0.717) is 11.0 Å². The highest BCUT2D eigenvalue weighted by atomic mass is 32.2. The van der Waals surface area contributed by atoms with E-state index in [1.54, 1.807) is 7.05 Å². The summed E-state index contributed by atoms with van der Waals surface area (Å²) >= 11 is 1.35. The van der Waals surface area contributed by atoms with Crippen molar-refractivity contribution in [2.75, 3.05) is 12.8 Å². The van der Waals surface area contributed by atoms with Gasteiger partial charge >= 0.3 is 0 Å². The van der Waals surface area contributed by atoms with Gasteiger partial charge in [-0.1, -0.05) is 43.0 Å². The second-order valence-electron chi connectivity index (χ2n) is 6.33. The lowest BCUT2D eigenvalue weighted by molar-refractivity contribution is -0.118. The van der Waals surface area contributed by atoms with Crippen molar-refractivity contribution < 1.29 is 9.53 Å². The van der Waals surface area contributed by atoms with Gasteiger partial charge in [0.05, 0.1) is 5.75 Å². The zero-order valence-corrected chi connectivity index (χ0v) is 17.1. The number of amides is 1. The molecule has 2 aromatic carbocycles. The lowest BCUT2D eigenvalue weighted by Gasteiger charge is -2.12. The van der Waals surface area contributed by atoms with E-state index in [9.17, 15) is 4.79 Å². The molecule has 7 heteroatoms. The normalized spacial score (nSPS) is 10.7. The van der Waals surface area contributed by atoms with Crippen molar-refractivity contribution in [1.82, 2.24) is 20.1 Å². The highest BCUT2D eigenvalue weighted by Gasteiger charge is 2.16. The van der Waals surface area contributed by atoms with Crippen LogP contribution in [-0.2, 0) is 17.8 Å². The van der Waals surface area contributed by atoms with Gasteiger partial charge in [-0.2, -0.15) is 0 Å². The number of carbonyl (C=O) groups is 1. The van der Waals surface area contributed by atoms with Crippen molar-refractivity contribution in [3.63, 3.8) is 0 Å². The maximum absolute atomic E-state index is 11.6. The van der Waals surface area contributed by atoms with Crippen LogP contribution in [0.2, 0.25) is 0 Å². The first kappa shape index (κ1) is 19.9. The Labute approximate surface area is 169 Å². The summed E-state index contributed by atoms with van der Waals surface area (Å²) in [6.45, 7) is 4.47. The highest BCUT2D eigenvalue weighted by molar-refractivity contribution is 7.99. The summed E-state index contributed by atoms with van der Waals surface area (Å²) in [7, 11) is 1.62. The van der Waals surface area contributed by atoms with E-state index >= 15 is 0 Å². The number of benzene rings is 2. The average Bonchev–Trinajstić information content (AvgIpc) is 3.13. The minimum absolute atomic E-state index is 0.0581. The van der Waals surface area contributed by atoms with Crippen molar-refractivity contribution in [3.05, 3.63) is 65.5 Å². The predicted octanol–water partition coefficient (Wildman–Crippen LogP) is 3.56. The molecule has 1 N–H and O–H groups in total. The fraction of sp³-hybridized carbons (Fsp3) is 0.286. The molecule has 0 aliphatic rings. The Morgan fingerprint density at radius 3 is 2.68 bits per heavy atom. The molecule has 0 fully saturated rings. The van der Waals surface area contributed by atoms with E-state index in [2.05, 4.69) is 41.5 Å². The Morgan fingerprint density at radius 1 is 1.18 bits per heavy atom. The maximum atomic E-state index is 11.6. The van der Waals surface area contributed by atoms with Gasteiger partial charge in [0, 0.05) is 12.7 Å². The topological polar surface area (TPSA) is 69.0 Å². The first-order valence-corrected chi connectivity index (χ1v) is 10.2. The van der Waals surface area contributed by atoms with Crippen molar-refractivity contribution in [1.29, 1.82) is 0 Å². The number of nitrogens with one attached hydrogen (secondary N) is 1. The second kappa shape index (κ2) is 9.41. The highest BCUT2D eigenvalue weighted by Crippen LogP contribution is 2.24. The van der Waals surface area contributed by atoms with Gasteiger partial charge in [0.15, 0.2) is 11.0 Å². The van der Waals surface area contributed by atoms with Crippen LogP contribution in [-0.4, -0.2) is 33.5 Å². The lowest BCUT2D eigenvalue weighted by Crippen LogP contribution is -2.20. The maximum Gasteiger partial charge on any atom is 0.230 e. The number of aryl methyl sites for hydroxylation is 2. The van der Waals surface area contributed by atoms with Gasteiger partial charge in [-0.05, 0) is 48.7 Å². The summed E-state index contributed by atoms with van der Waals surface area (Å²) in [5, 5.41) is 11.9. The van der Waals surface area contributed by atoms with Crippen LogP contribution in [0.15, 0.2) is 53.7 Å². The van der Waals surface area contributed by atoms with Gasteiger partial charge in [0.25, 0.3) is 0 Å². The Balaban J connectivity index is 1.85. The van der Waals surface area contributed by atoms with E-state index in [1.165, 1.54) is 22.9 Å². The van der Waals surface area contributed by atoms with Crippen molar-refractivity contribution in [2.45, 2.75) is 32.0 Å². The van der Waals surface area contributed by atoms with Crippen LogP contribution in [0.4, 0.5) is 0 Å². The fourth-order valence-electron chi connectivity index (χ4n) is 2.79. The van der Waals surface area contributed by atoms with Crippen LogP contribution in [0.3, 0.4) is 0 Å². The second-order valence-corrected chi connectivity index (χ2v) is 7.27. The van der Waals surface area contributed by atoms with Crippen LogP contribution in [0.25, 0.3) is 5.69 Å². The van der Waals surface area contributed by atoms with E-state index in [-0.39, 0.29) is 18.3 Å². The summed E-state index contributed by atoms with van der Waals surface area (Å²) in [4.78, 5) is 11.6. The van der Waals surface area contributed by atoms with Crippen LogP contribution in [0.5, 0.6) is 5.75 Å².